The predicted octanol–water partition coefficient (Wildman–Crippen LogP) is 3.26. The molecule has 0 aliphatic rings. The lowest BCUT2D eigenvalue weighted by atomic mass is 10.1. The first kappa shape index (κ1) is 18.0. The highest BCUT2D eigenvalue weighted by Gasteiger charge is 2.26. The van der Waals surface area contributed by atoms with E-state index in [-0.39, 0.29) is 5.91 Å². The van der Waals surface area contributed by atoms with Gasteiger partial charge in [0.25, 0.3) is 5.91 Å². The predicted molar refractivity (Wildman–Crippen MR) is 100 cm³/mol. The van der Waals surface area contributed by atoms with Crippen LogP contribution in [0.4, 0.5) is 0 Å². The monoisotopic (exact) mass is 369 g/mol. The molecule has 0 bridgehead atoms. The van der Waals surface area contributed by atoms with Crippen LogP contribution >= 0.6 is 11.3 Å². The van der Waals surface area contributed by atoms with Gasteiger partial charge in [-0.25, -0.2) is 14.8 Å². The Hall–Kier alpha value is -2.80. The number of nitrogens with one attached hydrogen (secondary N) is 1. The summed E-state index contributed by atoms with van der Waals surface area (Å²) in [6.45, 7) is 5.60. The van der Waals surface area contributed by atoms with Crippen molar-refractivity contribution in [2.45, 2.75) is 26.8 Å². The molecule has 3 aromatic rings. The van der Waals surface area contributed by atoms with Crippen LogP contribution in [0.15, 0.2) is 30.3 Å². The largest absolute Gasteiger partial charge is 0.467 e. The lowest BCUT2D eigenvalue weighted by Crippen LogP contribution is -2.34. The van der Waals surface area contributed by atoms with Crippen LogP contribution in [0.25, 0.3) is 10.2 Å². The molecule has 2 aromatic heterocycles. The van der Waals surface area contributed by atoms with Gasteiger partial charge < -0.3 is 10.1 Å². The van der Waals surface area contributed by atoms with Crippen LogP contribution in [-0.4, -0.2) is 29.0 Å². The van der Waals surface area contributed by atoms with Crippen LogP contribution in [0.1, 0.15) is 38.4 Å². The fourth-order valence-corrected chi connectivity index (χ4v) is 4.11. The van der Waals surface area contributed by atoms with E-state index in [2.05, 4.69) is 15.3 Å². The minimum Gasteiger partial charge on any atom is -0.467 e. The number of rotatable bonds is 4. The van der Waals surface area contributed by atoms with E-state index in [1.54, 1.807) is 12.1 Å². The van der Waals surface area contributed by atoms with E-state index in [0.717, 1.165) is 21.5 Å². The fraction of sp³-hybridized carbons (Fsp3) is 0.263. The number of nitrogens with zero attached hydrogens (tertiary/aromatic N) is 2. The molecular weight excluding hydrogens is 350 g/mol. The third-order valence-corrected chi connectivity index (χ3v) is 5.32. The molecule has 1 atom stereocenters. The Bertz CT molecular complexity index is 983. The van der Waals surface area contributed by atoms with Gasteiger partial charge in [-0.2, -0.15) is 0 Å². The molecular formula is C19H19N3O3S. The number of aromatic nitrogens is 2. The number of thiophene rings is 1. The van der Waals surface area contributed by atoms with Crippen LogP contribution in [0.2, 0.25) is 0 Å². The van der Waals surface area contributed by atoms with Crippen LogP contribution in [0.5, 0.6) is 0 Å². The van der Waals surface area contributed by atoms with Gasteiger partial charge in [0.1, 0.15) is 10.7 Å². The molecule has 2 heterocycles. The van der Waals surface area contributed by atoms with Crippen molar-refractivity contribution in [2.75, 3.05) is 7.11 Å². The summed E-state index contributed by atoms with van der Waals surface area (Å²) in [6, 6.07) is 8.15. The van der Waals surface area contributed by atoms with Gasteiger partial charge in [-0.1, -0.05) is 30.3 Å². The highest BCUT2D eigenvalue weighted by atomic mass is 32.1. The molecule has 3 rings (SSSR count). The molecule has 0 aliphatic heterocycles. The van der Waals surface area contributed by atoms with E-state index < -0.39 is 12.0 Å². The molecule has 134 valence electrons. The smallest absolute Gasteiger partial charge is 0.333 e. The van der Waals surface area contributed by atoms with Gasteiger partial charge in [-0.3, -0.25) is 4.79 Å². The van der Waals surface area contributed by atoms with Gasteiger partial charge in [0.15, 0.2) is 6.04 Å². The Morgan fingerprint density at radius 1 is 1.12 bits per heavy atom. The average Bonchev–Trinajstić information content (AvgIpc) is 2.96. The maximum Gasteiger partial charge on any atom is 0.333 e. The first-order valence-electron chi connectivity index (χ1n) is 8.10. The third kappa shape index (κ3) is 3.30. The average molecular weight is 369 g/mol. The van der Waals surface area contributed by atoms with Gasteiger partial charge in [0.2, 0.25) is 0 Å². The number of ether oxygens (including phenoxy) is 1. The van der Waals surface area contributed by atoms with E-state index in [1.807, 2.05) is 39.0 Å². The zero-order valence-electron chi connectivity index (χ0n) is 15.0. The molecule has 0 spiro atoms. The van der Waals surface area contributed by atoms with E-state index in [0.29, 0.717) is 16.3 Å². The number of amides is 1. The molecule has 1 N–H and O–H groups in total. The second kappa shape index (κ2) is 7.21. The summed E-state index contributed by atoms with van der Waals surface area (Å²) in [6.07, 6.45) is 0. The summed E-state index contributed by atoms with van der Waals surface area (Å²) in [4.78, 5) is 35.1. The van der Waals surface area contributed by atoms with Crippen molar-refractivity contribution < 1.29 is 14.3 Å². The number of carbonyl (C=O) groups is 2. The molecule has 1 aromatic carbocycles. The number of aryl methyl sites for hydroxylation is 3. The molecule has 1 amide bonds. The van der Waals surface area contributed by atoms with Crippen LogP contribution in [0.3, 0.4) is 0 Å². The van der Waals surface area contributed by atoms with Crippen molar-refractivity contribution in [1.82, 2.24) is 15.3 Å². The van der Waals surface area contributed by atoms with E-state index >= 15 is 0 Å². The number of fused-ring (bicyclic) bond motifs is 1. The lowest BCUT2D eigenvalue weighted by molar-refractivity contribution is -0.143. The van der Waals surface area contributed by atoms with E-state index in [9.17, 15) is 9.59 Å². The number of hydrogen-bond acceptors (Lipinski definition) is 6. The minimum absolute atomic E-state index is 0.332. The van der Waals surface area contributed by atoms with Gasteiger partial charge >= 0.3 is 5.97 Å². The Balaban J connectivity index is 1.98. The highest BCUT2D eigenvalue weighted by Crippen LogP contribution is 2.31. The Kier molecular flexibility index (Phi) is 4.99. The standard InChI is InChI=1S/C19H19N3O3S/c1-10-14-11(2)20-12(3)21-18(14)26-16(10)17(23)22-15(19(24)25-4)13-8-6-5-7-9-13/h5-9,15H,1-4H3,(H,22,23)/t15-/m0/s1. The van der Waals surface area contributed by atoms with E-state index in [4.69, 9.17) is 4.74 Å². The second-order valence-electron chi connectivity index (χ2n) is 5.93. The van der Waals surface area contributed by atoms with E-state index in [1.165, 1.54) is 18.4 Å². The SMILES string of the molecule is COC(=O)[C@@H](NC(=O)c1sc2nc(C)nc(C)c2c1C)c1ccccc1. The minimum atomic E-state index is -0.868. The molecule has 0 saturated carbocycles. The van der Waals surface area contributed by atoms with Crippen LogP contribution in [-0.2, 0) is 9.53 Å². The highest BCUT2D eigenvalue weighted by molar-refractivity contribution is 7.20. The number of esters is 1. The Morgan fingerprint density at radius 3 is 2.46 bits per heavy atom. The van der Waals surface area contributed by atoms with Crippen molar-refractivity contribution in [3.8, 4) is 0 Å². The first-order valence-corrected chi connectivity index (χ1v) is 8.92. The van der Waals surface area contributed by atoms with Crippen molar-refractivity contribution in [1.29, 1.82) is 0 Å². The van der Waals surface area contributed by atoms with Gasteiger partial charge in [-0.05, 0) is 31.9 Å². The van der Waals surface area contributed by atoms with Gasteiger partial charge in [-0.15, -0.1) is 11.3 Å². The number of hydrogen-bond donors (Lipinski definition) is 1. The van der Waals surface area contributed by atoms with Crippen molar-refractivity contribution in [3.63, 3.8) is 0 Å². The fourth-order valence-electron chi connectivity index (χ4n) is 2.93. The summed E-state index contributed by atoms with van der Waals surface area (Å²) in [7, 11) is 1.30. The van der Waals surface area contributed by atoms with Crippen LogP contribution in [0, 0.1) is 20.8 Å². The third-order valence-electron chi connectivity index (χ3n) is 4.13. The zero-order chi connectivity index (χ0) is 18.8. The first-order chi connectivity index (χ1) is 12.4. The summed E-state index contributed by atoms with van der Waals surface area (Å²) < 4.78 is 4.85. The van der Waals surface area contributed by atoms with Crippen molar-refractivity contribution in [3.05, 3.63) is 57.9 Å². The van der Waals surface area contributed by atoms with Crippen molar-refractivity contribution >= 4 is 33.4 Å². The van der Waals surface area contributed by atoms with Crippen molar-refractivity contribution in [2.24, 2.45) is 0 Å². The topological polar surface area (TPSA) is 81.2 Å². The maximum atomic E-state index is 12.9. The van der Waals surface area contributed by atoms with Crippen LogP contribution < -0.4 is 5.32 Å². The maximum absolute atomic E-state index is 12.9. The molecule has 0 saturated heterocycles. The Morgan fingerprint density at radius 2 is 1.81 bits per heavy atom. The zero-order valence-corrected chi connectivity index (χ0v) is 15.8. The Labute approximate surface area is 155 Å². The second-order valence-corrected chi connectivity index (χ2v) is 6.93. The molecule has 0 aliphatic carbocycles. The van der Waals surface area contributed by atoms with Gasteiger partial charge in [0.05, 0.1) is 12.0 Å². The molecule has 7 heteroatoms. The quantitative estimate of drug-likeness (QED) is 0.714. The molecule has 0 unspecified atom stereocenters. The lowest BCUT2D eigenvalue weighted by Gasteiger charge is -2.16. The normalized spacial score (nSPS) is 12.0. The molecule has 0 fully saturated rings. The summed E-state index contributed by atoms with van der Waals surface area (Å²) in [5, 5.41) is 3.67. The van der Waals surface area contributed by atoms with Gasteiger partial charge in [0, 0.05) is 11.1 Å². The summed E-state index contributed by atoms with van der Waals surface area (Å²) in [5.41, 5.74) is 2.32. The number of carbonyl (C=O) groups excluding carboxylic acids is 2. The number of benzene rings is 1. The molecule has 26 heavy (non-hydrogen) atoms. The molecule has 6 nitrogen and oxygen atoms in total. The summed E-state index contributed by atoms with van der Waals surface area (Å²) in [5.74, 6) is -0.183. The molecule has 0 radical (unpaired) electrons. The summed E-state index contributed by atoms with van der Waals surface area (Å²) >= 11 is 1.30. The number of methoxy groups -OCH3 is 1.